The molecule has 7 aromatic carbocycles. The van der Waals surface area contributed by atoms with Crippen LogP contribution in [0.5, 0.6) is 0 Å². The Kier molecular flexibility index (Phi) is 4.77. The summed E-state index contributed by atoms with van der Waals surface area (Å²) in [5.74, 6) is 0. The Labute approximate surface area is 234 Å². The smallest absolute Gasteiger partial charge is 0.0541 e. The van der Waals surface area contributed by atoms with E-state index in [1.54, 1.807) is 0 Å². The first-order chi connectivity index (χ1) is 19.4. The van der Waals surface area contributed by atoms with Crippen LogP contribution < -0.4 is 0 Å². The topological polar surface area (TPSA) is 4.93 Å². The molecule has 0 bridgehead atoms. The average Bonchev–Trinajstić information content (AvgIpc) is 3.29. The molecule has 0 aliphatic carbocycles. The van der Waals surface area contributed by atoms with Crippen molar-refractivity contribution in [3.63, 3.8) is 0 Å². The number of aromatic nitrogens is 1. The number of para-hydroxylation sites is 1. The van der Waals surface area contributed by atoms with Crippen LogP contribution in [-0.4, -0.2) is 4.57 Å². The number of fused-ring (bicyclic) bond motifs is 3. The van der Waals surface area contributed by atoms with Crippen LogP contribution in [0, 0.1) is 6.92 Å². The third-order valence-corrected chi connectivity index (χ3v) is 8.73. The van der Waals surface area contributed by atoms with E-state index in [0.717, 1.165) is 0 Å². The second kappa shape index (κ2) is 8.19. The van der Waals surface area contributed by atoms with Crippen LogP contribution in [0.1, 0.15) is 31.9 Å². The van der Waals surface area contributed by atoms with Gasteiger partial charge in [-0.3, -0.25) is 0 Å². The van der Waals surface area contributed by atoms with Crippen LogP contribution >= 0.6 is 0 Å². The molecular formula is C39H31N. The van der Waals surface area contributed by atoms with E-state index in [0.29, 0.717) is 0 Å². The lowest BCUT2D eigenvalue weighted by atomic mass is 9.83. The fourth-order valence-corrected chi connectivity index (χ4v) is 6.66. The number of hydrogen-bond acceptors (Lipinski definition) is 0. The lowest BCUT2D eigenvalue weighted by Gasteiger charge is -2.22. The van der Waals surface area contributed by atoms with Crippen molar-refractivity contribution in [3.05, 3.63) is 126 Å². The quantitative estimate of drug-likeness (QED) is 0.203. The Hall–Kier alpha value is -4.62. The SMILES string of the molecule is Cc1ccc2c(c1)c1ccccc1n2-c1ccc(-c2ccc3ccc4cc(C(C)(C)C)cc5ccc2c3c45)cc1. The molecule has 0 atom stereocenters. The highest BCUT2D eigenvalue weighted by atomic mass is 15.0. The van der Waals surface area contributed by atoms with Crippen LogP contribution in [0.15, 0.2) is 115 Å². The molecule has 0 saturated carbocycles. The lowest BCUT2D eigenvalue weighted by molar-refractivity contribution is 0.591. The molecule has 40 heavy (non-hydrogen) atoms. The summed E-state index contributed by atoms with van der Waals surface area (Å²) in [6, 6.07) is 43.2. The van der Waals surface area contributed by atoms with Crippen LogP contribution in [-0.2, 0) is 5.41 Å². The average molecular weight is 514 g/mol. The normalized spacial score (nSPS) is 12.5. The fourth-order valence-electron chi connectivity index (χ4n) is 6.66. The highest BCUT2D eigenvalue weighted by Crippen LogP contribution is 2.41. The van der Waals surface area contributed by atoms with Gasteiger partial charge in [-0.1, -0.05) is 111 Å². The molecule has 0 saturated heterocycles. The van der Waals surface area contributed by atoms with E-state index in [4.69, 9.17) is 0 Å². The van der Waals surface area contributed by atoms with Crippen LogP contribution in [0.4, 0.5) is 0 Å². The minimum atomic E-state index is 0.118. The largest absolute Gasteiger partial charge is 0.309 e. The summed E-state index contributed by atoms with van der Waals surface area (Å²) in [5.41, 5.74) is 8.99. The number of rotatable bonds is 2. The maximum Gasteiger partial charge on any atom is 0.0541 e. The van der Waals surface area contributed by atoms with Crippen molar-refractivity contribution in [1.29, 1.82) is 0 Å². The second-order valence-electron chi connectivity index (χ2n) is 12.4. The van der Waals surface area contributed by atoms with Crippen molar-refractivity contribution < 1.29 is 0 Å². The molecule has 0 aliphatic rings. The standard InChI is InChI=1S/C39H31N/c1-24-9-20-36-34(21-24)32-7-5-6-8-35(32)40(36)30-16-12-25(13-17-30)31-18-14-26-10-11-27-22-29(39(2,3)4)23-28-15-19-33(31)38(26)37(27)28/h5-23H,1-4H3. The summed E-state index contributed by atoms with van der Waals surface area (Å²) in [5, 5.41) is 10.6. The summed E-state index contributed by atoms with van der Waals surface area (Å²) >= 11 is 0. The number of benzene rings is 7. The highest BCUT2D eigenvalue weighted by molar-refractivity contribution is 6.25. The first-order valence-corrected chi connectivity index (χ1v) is 14.2. The first-order valence-electron chi connectivity index (χ1n) is 14.2. The molecule has 0 fully saturated rings. The third kappa shape index (κ3) is 3.34. The zero-order valence-corrected chi connectivity index (χ0v) is 23.4. The Morgan fingerprint density at radius 3 is 1.98 bits per heavy atom. The molecule has 192 valence electrons. The maximum atomic E-state index is 2.39. The van der Waals surface area contributed by atoms with E-state index in [9.17, 15) is 0 Å². The molecule has 0 N–H and O–H groups in total. The van der Waals surface area contributed by atoms with Crippen LogP contribution in [0.25, 0.3) is 70.9 Å². The van der Waals surface area contributed by atoms with Gasteiger partial charge in [0.05, 0.1) is 11.0 Å². The number of nitrogens with zero attached hydrogens (tertiary/aromatic N) is 1. The van der Waals surface area contributed by atoms with E-state index < -0.39 is 0 Å². The van der Waals surface area contributed by atoms with Crippen molar-refractivity contribution in [3.8, 4) is 16.8 Å². The molecule has 8 aromatic rings. The molecular weight excluding hydrogens is 482 g/mol. The first kappa shape index (κ1) is 23.3. The predicted octanol–water partition coefficient (Wildman–Crippen LogP) is 11.0. The van der Waals surface area contributed by atoms with E-state index in [1.165, 1.54) is 82.1 Å². The maximum absolute atomic E-state index is 2.39. The van der Waals surface area contributed by atoms with Crippen LogP contribution in [0.2, 0.25) is 0 Å². The van der Waals surface area contributed by atoms with Crippen molar-refractivity contribution in [2.75, 3.05) is 0 Å². The predicted molar refractivity (Wildman–Crippen MR) is 173 cm³/mol. The van der Waals surface area contributed by atoms with Gasteiger partial charge >= 0.3 is 0 Å². The van der Waals surface area contributed by atoms with Crippen molar-refractivity contribution in [1.82, 2.24) is 4.57 Å². The molecule has 0 unspecified atom stereocenters. The van der Waals surface area contributed by atoms with Crippen molar-refractivity contribution >= 4 is 54.1 Å². The number of hydrogen-bond donors (Lipinski definition) is 0. The fraction of sp³-hybridized carbons (Fsp3) is 0.128. The van der Waals surface area contributed by atoms with E-state index in [1.807, 2.05) is 0 Å². The summed E-state index contributed by atoms with van der Waals surface area (Å²) in [6.45, 7) is 9.05. The van der Waals surface area contributed by atoms with Gasteiger partial charge in [-0.25, -0.2) is 0 Å². The van der Waals surface area contributed by atoms with Gasteiger partial charge in [0.25, 0.3) is 0 Å². The zero-order chi connectivity index (χ0) is 27.2. The monoisotopic (exact) mass is 513 g/mol. The van der Waals surface area contributed by atoms with Gasteiger partial charge in [0.1, 0.15) is 0 Å². The minimum absolute atomic E-state index is 0.118. The van der Waals surface area contributed by atoms with Crippen LogP contribution in [0.3, 0.4) is 0 Å². The van der Waals surface area contributed by atoms with Gasteiger partial charge in [0, 0.05) is 16.5 Å². The summed E-state index contributed by atoms with van der Waals surface area (Å²) in [7, 11) is 0. The van der Waals surface area contributed by atoms with E-state index >= 15 is 0 Å². The molecule has 1 aromatic heterocycles. The van der Waals surface area contributed by atoms with E-state index in [-0.39, 0.29) is 5.41 Å². The third-order valence-electron chi connectivity index (χ3n) is 8.73. The molecule has 1 heteroatoms. The molecule has 0 aliphatic heterocycles. The number of aryl methyl sites for hydroxylation is 1. The molecule has 8 rings (SSSR count). The van der Waals surface area contributed by atoms with Crippen molar-refractivity contribution in [2.45, 2.75) is 33.1 Å². The Morgan fingerprint density at radius 2 is 1.20 bits per heavy atom. The zero-order valence-electron chi connectivity index (χ0n) is 23.4. The van der Waals surface area contributed by atoms with Gasteiger partial charge in [-0.2, -0.15) is 0 Å². The molecule has 1 nitrogen and oxygen atoms in total. The van der Waals surface area contributed by atoms with Gasteiger partial charge in [0.15, 0.2) is 0 Å². The highest BCUT2D eigenvalue weighted by Gasteiger charge is 2.18. The molecule has 1 heterocycles. The summed E-state index contributed by atoms with van der Waals surface area (Å²) in [4.78, 5) is 0. The Bertz CT molecular complexity index is 2220. The van der Waals surface area contributed by atoms with E-state index in [2.05, 4.69) is 148 Å². The van der Waals surface area contributed by atoms with Gasteiger partial charge < -0.3 is 4.57 Å². The summed E-state index contributed by atoms with van der Waals surface area (Å²) in [6.07, 6.45) is 0. The van der Waals surface area contributed by atoms with Gasteiger partial charge in [-0.15, -0.1) is 0 Å². The Morgan fingerprint density at radius 1 is 0.525 bits per heavy atom. The molecule has 0 radical (unpaired) electrons. The lowest BCUT2D eigenvalue weighted by Crippen LogP contribution is -2.10. The summed E-state index contributed by atoms with van der Waals surface area (Å²) < 4.78 is 2.39. The second-order valence-corrected chi connectivity index (χ2v) is 12.4. The minimum Gasteiger partial charge on any atom is -0.309 e. The molecule has 0 spiro atoms. The van der Waals surface area contributed by atoms with Crippen molar-refractivity contribution in [2.24, 2.45) is 0 Å². The van der Waals surface area contributed by atoms with Gasteiger partial charge in [0.2, 0.25) is 0 Å². The van der Waals surface area contributed by atoms with Gasteiger partial charge in [-0.05, 0) is 91.7 Å². The molecule has 0 amide bonds. The Balaban J connectivity index is 1.31.